The first-order chi connectivity index (χ1) is 12.9. The lowest BCUT2D eigenvalue weighted by Gasteiger charge is -2.18. The molecule has 0 aliphatic carbocycles. The number of hydrogen-bond acceptors (Lipinski definition) is 4. The molecular weight excluding hydrogens is 338 g/mol. The Balaban J connectivity index is 1.64. The van der Waals surface area contributed by atoms with Crippen molar-refractivity contribution >= 4 is 0 Å². The number of rotatable bonds is 8. The number of nitrogens with one attached hydrogen (secondary N) is 1. The monoisotopic (exact) mass is 369 g/mol. The molecule has 1 aromatic carbocycles. The van der Waals surface area contributed by atoms with Crippen LogP contribution in [0.5, 0.6) is 5.75 Å². The number of β-amino-alcohol motifs (C(OH)–C–C–N with tert-alkyl or cyclic N) is 1. The Morgan fingerprint density at radius 3 is 2.85 bits per heavy atom. The Kier molecular flexibility index (Phi) is 6.34. The van der Waals surface area contributed by atoms with E-state index in [0.29, 0.717) is 6.54 Å². The van der Waals surface area contributed by atoms with E-state index in [1.165, 1.54) is 11.1 Å². The van der Waals surface area contributed by atoms with Crippen molar-refractivity contribution in [1.29, 1.82) is 0 Å². The first-order valence-electron chi connectivity index (χ1n) is 9.75. The van der Waals surface area contributed by atoms with Crippen LogP contribution in [0.2, 0.25) is 0 Å². The number of allylic oxidation sites excluding steroid dienone is 1. The molecule has 2 heterocycles. The van der Waals surface area contributed by atoms with Crippen LogP contribution in [-0.4, -0.2) is 45.5 Å². The second-order valence-corrected chi connectivity index (χ2v) is 7.87. The number of nitrogens with zero attached hydrogens (tertiary/aromatic N) is 2. The van der Waals surface area contributed by atoms with Gasteiger partial charge in [-0.05, 0) is 56.9 Å². The molecule has 0 unspecified atom stereocenters. The summed E-state index contributed by atoms with van der Waals surface area (Å²) in [4.78, 5) is 2.32. The molecule has 0 saturated carbocycles. The molecule has 27 heavy (non-hydrogen) atoms. The molecule has 5 heteroatoms. The minimum atomic E-state index is -0.307. The number of ether oxygens (including phenoxy) is 1. The van der Waals surface area contributed by atoms with E-state index in [-0.39, 0.29) is 18.1 Å². The van der Waals surface area contributed by atoms with Crippen molar-refractivity contribution in [2.75, 3.05) is 13.1 Å². The number of aliphatic hydroxyl groups excluding tert-OH is 1. The van der Waals surface area contributed by atoms with Crippen molar-refractivity contribution in [2.45, 2.75) is 52.4 Å². The Morgan fingerprint density at radius 2 is 2.19 bits per heavy atom. The van der Waals surface area contributed by atoms with Crippen LogP contribution in [0.25, 0.3) is 0 Å². The minimum absolute atomic E-state index is 0.152. The van der Waals surface area contributed by atoms with Gasteiger partial charge in [0.05, 0.1) is 17.9 Å². The highest BCUT2D eigenvalue weighted by atomic mass is 16.5. The number of aromatic amines is 1. The van der Waals surface area contributed by atoms with Gasteiger partial charge in [-0.2, -0.15) is 5.10 Å². The summed E-state index contributed by atoms with van der Waals surface area (Å²) < 4.78 is 5.91. The fourth-order valence-corrected chi connectivity index (χ4v) is 3.79. The zero-order valence-electron chi connectivity index (χ0n) is 16.6. The van der Waals surface area contributed by atoms with E-state index in [0.717, 1.165) is 43.1 Å². The third-order valence-electron chi connectivity index (χ3n) is 4.97. The van der Waals surface area contributed by atoms with Gasteiger partial charge < -0.3 is 9.84 Å². The number of H-pyrrole nitrogens is 1. The summed E-state index contributed by atoms with van der Waals surface area (Å²) in [5.41, 5.74) is 4.50. The summed E-state index contributed by atoms with van der Waals surface area (Å²) >= 11 is 0. The van der Waals surface area contributed by atoms with Crippen LogP contribution in [0.15, 0.2) is 36.9 Å². The molecule has 2 N–H and O–H groups in total. The van der Waals surface area contributed by atoms with Gasteiger partial charge >= 0.3 is 0 Å². The van der Waals surface area contributed by atoms with Crippen LogP contribution in [-0.2, 0) is 19.4 Å². The molecule has 1 aliphatic rings. The van der Waals surface area contributed by atoms with Crippen molar-refractivity contribution in [2.24, 2.45) is 5.92 Å². The van der Waals surface area contributed by atoms with Gasteiger partial charge in [0.1, 0.15) is 5.75 Å². The molecule has 146 valence electrons. The van der Waals surface area contributed by atoms with Crippen molar-refractivity contribution in [3.8, 4) is 5.75 Å². The van der Waals surface area contributed by atoms with E-state index < -0.39 is 0 Å². The van der Waals surface area contributed by atoms with Gasteiger partial charge in [-0.1, -0.05) is 18.2 Å². The van der Waals surface area contributed by atoms with Gasteiger partial charge in [-0.25, -0.2) is 0 Å². The predicted molar refractivity (Wildman–Crippen MR) is 108 cm³/mol. The molecule has 0 spiro atoms. The molecule has 0 radical (unpaired) electrons. The van der Waals surface area contributed by atoms with Gasteiger partial charge in [0, 0.05) is 31.2 Å². The molecular formula is C22H31N3O2. The topological polar surface area (TPSA) is 61.4 Å². The minimum Gasteiger partial charge on any atom is -0.491 e. The first kappa shape index (κ1) is 19.6. The molecule has 2 aromatic rings. The van der Waals surface area contributed by atoms with Crippen LogP contribution in [0.4, 0.5) is 0 Å². The smallest absolute Gasteiger partial charge is 0.123 e. The largest absolute Gasteiger partial charge is 0.491 e. The maximum absolute atomic E-state index is 10.5. The van der Waals surface area contributed by atoms with Crippen LogP contribution in [0, 0.1) is 12.8 Å². The number of aromatic nitrogens is 2. The Labute approximate surface area is 162 Å². The summed E-state index contributed by atoms with van der Waals surface area (Å²) in [5.74, 6) is 1.16. The summed E-state index contributed by atoms with van der Waals surface area (Å²) in [6.07, 6.45) is 3.36. The molecule has 0 amide bonds. The first-order valence-corrected chi connectivity index (χ1v) is 9.75. The molecule has 1 saturated heterocycles. The summed E-state index contributed by atoms with van der Waals surface area (Å²) in [6, 6.07) is 8.45. The van der Waals surface area contributed by atoms with Crippen molar-refractivity contribution in [3.63, 3.8) is 0 Å². The zero-order chi connectivity index (χ0) is 19.4. The Morgan fingerprint density at radius 1 is 1.37 bits per heavy atom. The van der Waals surface area contributed by atoms with E-state index in [2.05, 4.69) is 45.9 Å². The second kappa shape index (κ2) is 8.72. The normalized spacial score (nSPS) is 20.3. The lowest BCUT2D eigenvalue weighted by molar-refractivity contribution is 0.140. The lowest BCUT2D eigenvalue weighted by atomic mass is 10.00. The SMILES string of the molecule is C=CCc1cc(CN2C[C@@H](Cc3cc(C)[nH]n3)[C@@H](O)C2)ccc1OC(C)C. The number of hydrogen-bond donors (Lipinski definition) is 2. The van der Waals surface area contributed by atoms with Gasteiger partial charge in [-0.15, -0.1) is 6.58 Å². The van der Waals surface area contributed by atoms with Crippen molar-refractivity contribution in [3.05, 3.63) is 59.4 Å². The molecule has 1 aliphatic heterocycles. The van der Waals surface area contributed by atoms with E-state index >= 15 is 0 Å². The molecule has 3 rings (SSSR count). The lowest BCUT2D eigenvalue weighted by Crippen LogP contribution is -2.21. The van der Waals surface area contributed by atoms with Gasteiger partial charge in [0.2, 0.25) is 0 Å². The average molecular weight is 370 g/mol. The highest BCUT2D eigenvalue weighted by Crippen LogP contribution is 2.26. The summed E-state index contributed by atoms with van der Waals surface area (Å²) in [5, 5.41) is 17.8. The average Bonchev–Trinajstić information content (AvgIpc) is 3.16. The number of benzene rings is 1. The highest BCUT2D eigenvalue weighted by molar-refractivity contribution is 5.38. The standard InChI is InChI=1S/C22H31N3O2/c1-5-6-18-10-17(7-8-22(18)27-15(2)3)12-25-13-19(21(26)14-25)11-20-9-16(4)23-24-20/h5,7-10,15,19,21,26H,1,6,11-14H2,2-4H3,(H,23,24)/t19-,21+/m1/s1. The Bertz CT molecular complexity index is 769. The number of likely N-dealkylation sites (tertiary alicyclic amines) is 1. The van der Waals surface area contributed by atoms with Gasteiger partial charge in [0.15, 0.2) is 0 Å². The van der Waals surface area contributed by atoms with Crippen LogP contribution in [0.3, 0.4) is 0 Å². The molecule has 2 atom stereocenters. The van der Waals surface area contributed by atoms with Crippen LogP contribution in [0.1, 0.15) is 36.4 Å². The third kappa shape index (κ3) is 5.21. The Hall–Kier alpha value is -2.11. The third-order valence-corrected chi connectivity index (χ3v) is 4.97. The summed E-state index contributed by atoms with van der Waals surface area (Å²) in [7, 11) is 0. The van der Waals surface area contributed by atoms with E-state index in [9.17, 15) is 5.11 Å². The second-order valence-electron chi connectivity index (χ2n) is 7.87. The van der Waals surface area contributed by atoms with E-state index in [1.807, 2.05) is 26.8 Å². The molecule has 1 aromatic heterocycles. The molecule has 0 bridgehead atoms. The molecule has 5 nitrogen and oxygen atoms in total. The van der Waals surface area contributed by atoms with E-state index in [4.69, 9.17) is 4.74 Å². The van der Waals surface area contributed by atoms with Gasteiger partial charge in [0.25, 0.3) is 0 Å². The number of aliphatic hydroxyl groups is 1. The van der Waals surface area contributed by atoms with Crippen LogP contribution < -0.4 is 4.74 Å². The fourth-order valence-electron chi connectivity index (χ4n) is 3.79. The van der Waals surface area contributed by atoms with E-state index in [1.54, 1.807) is 0 Å². The summed E-state index contributed by atoms with van der Waals surface area (Å²) in [6.45, 7) is 12.4. The highest BCUT2D eigenvalue weighted by Gasteiger charge is 2.31. The predicted octanol–water partition coefficient (Wildman–Crippen LogP) is 3.27. The maximum Gasteiger partial charge on any atom is 0.123 e. The zero-order valence-corrected chi connectivity index (χ0v) is 16.6. The fraction of sp³-hybridized carbons (Fsp3) is 0.500. The van der Waals surface area contributed by atoms with Crippen molar-refractivity contribution in [1.82, 2.24) is 15.1 Å². The van der Waals surface area contributed by atoms with Gasteiger partial charge in [-0.3, -0.25) is 10.00 Å². The quantitative estimate of drug-likeness (QED) is 0.701. The maximum atomic E-state index is 10.5. The van der Waals surface area contributed by atoms with Crippen molar-refractivity contribution < 1.29 is 9.84 Å². The van der Waals surface area contributed by atoms with Crippen LogP contribution >= 0.6 is 0 Å². The number of aryl methyl sites for hydroxylation is 1. The molecule has 1 fully saturated rings.